The van der Waals surface area contributed by atoms with E-state index < -0.39 is 11.6 Å². The van der Waals surface area contributed by atoms with E-state index in [1.807, 2.05) is 0 Å². The SMILES string of the molecule is F/C=C1\CN2CCC[C@@]2(COc2ncc3cc(F)cc(F)c3n2)C1. The first kappa shape index (κ1) is 15.4. The van der Waals surface area contributed by atoms with Gasteiger partial charge in [-0.05, 0) is 37.4 Å². The Hall–Kier alpha value is -2.15. The molecule has 4 nitrogen and oxygen atoms in total. The summed E-state index contributed by atoms with van der Waals surface area (Å²) in [4.78, 5) is 10.3. The molecule has 4 rings (SSSR count). The zero-order valence-corrected chi connectivity index (χ0v) is 12.9. The van der Waals surface area contributed by atoms with E-state index in [0.29, 0.717) is 25.9 Å². The lowest BCUT2D eigenvalue weighted by Gasteiger charge is -2.30. The maximum Gasteiger partial charge on any atom is 0.317 e. The fourth-order valence-electron chi connectivity index (χ4n) is 3.77. The van der Waals surface area contributed by atoms with E-state index in [-0.39, 0.29) is 22.5 Å². The molecule has 0 saturated carbocycles. The summed E-state index contributed by atoms with van der Waals surface area (Å²) in [6.07, 6.45) is 4.59. The molecule has 2 aliphatic heterocycles. The second kappa shape index (κ2) is 5.73. The molecule has 0 N–H and O–H groups in total. The molecule has 1 aromatic carbocycles. The molecule has 2 saturated heterocycles. The molecule has 0 aliphatic carbocycles. The molecule has 7 heteroatoms. The first-order chi connectivity index (χ1) is 11.6. The molecule has 126 valence electrons. The zero-order valence-electron chi connectivity index (χ0n) is 12.9. The quantitative estimate of drug-likeness (QED) is 0.862. The molecule has 1 atom stereocenters. The maximum atomic E-state index is 13.8. The van der Waals surface area contributed by atoms with Crippen LogP contribution in [0, 0.1) is 11.6 Å². The van der Waals surface area contributed by atoms with Crippen molar-refractivity contribution in [3.8, 4) is 6.01 Å². The number of fused-ring (bicyclic) bond motifs is 2. The van der Waals surface area contributed by atoms with Crippen LogP contribution in [-0.4, -0.2) is 40.1 Å². The molecule has 0 spiro atoms. The van der Waals surface area contributed by atoms with Gasteiger partial charge in [0.05, 0.1) is 11.9 Å². The van der Waals surface area contributed by atoms with Crippen LogP contribution in [0.1, 0.15) is 19.3 Å². The van der Waals surface area contributed by atoms with Crippen molar-refractivity contribution in [2.75, 3.05) is 19.7 Å². The summed E-state index contributed by atoms with van der Waals surface area (Å²) in [7, 11) is 0. The Balaban J connectivity index is 1.57. The minimum absolute atomic E-state index is 0.0259. The van der Waals surface area contributed by atoms with Crippen molar-refractivity contribution in [3.05, 3.63) is 41.9 Å². The van der Waals surface area contributed by atoms with E-state index in [0.717, 1.165) is 31.0 Å². The molecule has 2 aliphatic rings. The Labute approximate surface area is 137 Å². The minimum Gasteiger partial charge on any atom is -0.461 e. The molecule has 2 fully saturated rings. The first-order valence-corrected chi connectivity index (χ1v) is 7.87. The van der Waals surface area contributed by atoms with Crippen LogP contribution in [0.25, 0.3) is 10.9 Å². The standard InChI is InChI=1S/C17H16F3N3O/c18-7-11-6-17(2-1-3-23(17)9-11)10-24-16-21-8-12-4-13(19)5-14(20)15(12)22-16/h4-5,7-8H,1-3,6,9-10H2/b11-7-/t17-/m0/s1. The topological polar surface area (TPSA) is 38.2 Å². The van der Waals surface area contributed by atoms with Crippen molar-refractivity contribution in [3.63, 3.8) is 0 Å². The van der Waals surface area contributed by atoms with Gasteiger partial charge in [0.1, 0.15) is 17.9 Å². The van der Waals surface area contributed by atoms with Gasteiger partial charge in [-0.15, -0.1) is 0 Å². The first-order valence-electron chi connectivity index (χ1n) is 7.87. The van der Waals surface area contributed by atoms with E-state index in [2.05, 4.69) is 14.9 Å². The molecule has 0 unspecified atom stereocenters. The lowest BCUT2D eigenvalue weighted by Crippen LogP contribution is -2.43. The van der Waals surface area contributed by atoms with Gasteiger partial charge in [-0.25, -0.2) is 18.2 Å². The summed E-state index contributed by atoms with van der Waals surface area (Å²) in [6.45, 7) is 1.85. The summed E-state index contributed by atoms with van der Waals surface area (Å²) in [5.74, 6) is -1.42. The monoisotopic (exact) mass is 335 g/mol. The number of hydrogen-bond acceptors (Lipinski definition) is 4. The van der Waals surface area contributed by atoms with Crippen LogP contribution in [0.2, 0.25) is 0 Å². The Morgan fingerprint density at radius 1 is 1.33 bits per heavy atom. The van der Waals surface area contributed by atoms with Crippen LogP contribution in [0.3, 0.4) is 0 Å². The third-order valence-corrected chi connectivity index (χ3v) is 4.89. The lowest BCUT2D eigenvalue weighted by molar-refractivity contribution is 0.108. The third kappa shape index (κ3) is 2.53. The van der Waals surface area contributed by atoms with E-state index in [1.165, 1.54) is 12.3 Å². The average Bonchev–Trinajstić information content (AvgIpc) is 3.10. The van der Waals surface area contributed by atoms with Crippen molar-refractivity contribution in [1.82, 2.24) is 14.9 Å². The number of halogens is 3. The summed E-state index contributed by atoms with van der Waals surface area (Å²) in [6, 6.07) is 2.01. The second-order valence-corrected chi connectivity index (χ2v) is 6.46. The number of benzene rings is 1. The van der Waals surface area contributed by atoms with Gasteiger partial charge in [0.25, 0.3) is 0 Å². The number of ether oxygens (including phenoxy) is 1. The van der Waals surface area contributed by atoms with Gasteiger partial charge in [-0.1, -0.05) is 0 Å². The molecular weight excluding hydrogens is 319 g/mol. The van der Waals surface area contributed by atoms with E-state index in [9.17, 15) is 13.2 Å². The Kier molecular flexibility index (Phi) is 3.68. The summed E-state index contributed by atoms with van der Waals surface area (Å²) in [5.41, 5.74) is 0.551. The second-order valence-electron chi connectivity index (χ2n) is 6.46. The third-order valence-electron chi connectivity index (χ3n) is 4.89. The van der Waals surface area contributed by atoms with Crippen LogP contribution in [0.4, 0.5) is 13.2 Å². The molecule has 3 heterocycles. The van der Waals surface area contributed by atoms with Crippen molar-refractivity contribution in [2.24, 2.45) is 0 Å². The van der Waals surface area contributed by atoms with Crippen LogP contribution in [0.15, 0.2) is 30.2 Å². The van der Waals surface area contributed by atoms with Gasteiger partial charge in [0, 0.05) is 24.2 Å². The summed E-state index contributed by atoms with van der Waals surface area (Å²) >= 11 is 0. The molecule has 24 heavy (non-hydrogen) atoms. The Bertz CT molecular complexity index is 826. The highest BCUT2D eigenvalue weighted by Crippen LogP contribution is 2.41. The number of hydrogen-bond donors (Lipinski definition) is 0. The van der Waals surface area contributed by atoms with Crippen LogP contribution in [0.5, 0.6) is 6.01 Å². The van der Waals surface area contributed by atoms with Gasteiger partial charge >= 0.3 is 6.01 Å². The molecule has 2 aromatic rings. The molecular formula is C17H16F3N3O. The zero-order chi connectivity index (χ0) is 16.7. The van der Waals surface area contributed by atoms with Gasteiger partial charge < -0.3 is 4.74 Å². The van der Waals surface area contributed by atoms with Crippen molar-refractivity contribution >= 4 is 10.9 Å². The lowest BCUT2D eigenvalue weighted by atomic mass is 9.94. The number of nitrogens with zero attached hydrogens (tertiary/aromatic N) is 3. The van der Waals surface area contributed by atoms with Crippen molar-refractivity contribution in [1.29, 1.82) is 0 Å². The van der Waals surface area contributed by atoms with Gasteiger partial charge in [0.2, 0.25) is 0 Å². The normalized spacial score (nSPS) is 25.5. The summed E-state index contributed by atoms with van der Waals surface area (Å²) in [5, 5.41) is 0.282. The molecule has 1 aromatic heterocycles. The van der Waals surface area contributed by atoms with E-state index in [1.54, 1.807) is 0 Å². The van der Waals surface area contributed by atoms with Gasteiger partial charge in [0.15, 0.2) is 5.82 Å². The predicted molar refractivity (Wildman–Crippen MR) is 82.3 cm³/mol. The smallest absolute Gasteiger partial charge is 0.317 e. The summed E-state index contributed by atoms with van der Waals surface area (Å²) < 4.78 is 45.6. The number of rotatable bonds is 3. The van der Waals surface area contributed by atoms with E-state index in [4.69, 9.17) is 4.74 Å². The van der Waals surface area contributed by atoms with Crippen molar-refractivity contribution in [2.45, 2.75) is 24.8 Å². The van der Waals surface area contributed by atoms with Gasteiger partial charge in [-0.3, -0.25) is 4.90 Å². The molecule has 0 bridgehead atoms. The fraction of sp³-hybridized carbons (Fsp3) is 0.412. The highest BCUT2D eigenvalue weighted by atomic mass is 19.1. The number of aromatic nitrogens is 2. The van der Waals surface area contributed by atoms with Crippen LogP contribution >= 0.6 is 0 Å². The van der Waals surface area contributed by atoms with Crippen molar-refractivity contribution < 1.29 is 17.9 Å². The predicted octanol–water partition coefficient (Wildman–Crippen LogP) is 3.38. The minimum atomic E-state index is -0.749. The van der Waals surface area contributed by atoms with Crippen LogP contribution in [-0.2, 0) is 0 Å². The highest BCUT2D eigenvalue weighted by Gasteiger charge is 2.47. The average molecular weight is 335 g/mol. The highest BCUT2D eigenvalue weighted by molar-refractivity contribution is 5.78. The fourth-order valence-corrected chi connectivity index (χ4v) is 3.77. The largest absolute Gasteiger partial charge is 0.461 e. The van der Waals surface area contributed by atoms with Gasteiger partial charge in [-0.2, -0.15) is 4.98 Å². The Morgan fingerprint density at radius 3 is 3.04 bits per heavy atom. The maximum absolute atomic E-state index is 13.8. The van der Waals surface area contributed by atoms with E-state index >= 15 is 0 Å². The van der Waals surface area contributed by atoms with Crippen LogP contribution < -0.4 is 4.74 Å². The molecule has 0 amide bonds. The molecule has 0 radical (unpaired) electrons. The Morgan fingerprint density at radius 2 is 2.21 bits per heavy atom.